The Hall–Kier alpha value is -0.500. The summed E-state index contributed by atoms with van der Waals surface area (Å²) in [7, 11) is 0. The lowest BCUT2D eigenvalue weighted by Crippen LogP contribution is -2.70. The molecule has 246 valence electrons. The van der Waals surface area contributed by atoms with E-state index in [-0.39, 0.29) is 45.9 Å². The van der Waals surface area contributed by atoms with Gasteiger partial charge < -0.3 is 29.2 Å². The molecule has 11 atom stereocenters. The van der Waals surface area contributed by atoms with E-state index in [1.807, 2.05) is 13.8 Å². The molecule has 6 heteroatoms. The SMILES string of the molecule is CC1=CCC2[C@@]3(C)CC[C@@H]4OC(C)(C)OC[C@]4(C)C3CC[C@@]2(C)[C@]1(C)C[C@H]1OC(C)(C)O[C@H]2[C@H](O)C(C)(C)CC[C@@]12CO. The van der Waals surface area contributed by atoms with Crippen molar-refractivity contribution in [1.82, 2.24) is 0 Å². The molecule has 0 aromatic carbocycles. The van der Waals surface area contributed by atoms with E-state index in [1.54, 1.807) is 0 Å². The fraction of sp³-hybridized carbons (Fsp3) is 0.946. The molecule has 4 aliphatic carbocycles. The van der Waals surface area contributed by atoms with Crippen molar-refractivity contribution in [1.29, 1.82) is 0 Å². The minimum absolute atomic E-state index is 0.0174. The van der Waals surface area contributed by atoms with Crippen LogP contribution in [0, 0.1) is 44.3 Å². The summed E-state index contributed by atoms with van der Waals surface area (Å²) in [6, 6.07) is 0. The van der Waals surface area contributed by atoms with Crippen LogP contribution in [0.25, 0.3) is 0 Å². The first-order valence-electron chi connectivity index (χ1n) is 17.3. The number of aliphatic hydroxyl groups excluding tert-OH is 2. The van der Waals surface area contributed by atoms with Gasteiger partial charge in [-0.1, -0.05) is 53.2 Å². The molecule has 2 heterocycles. The predicted molar refractivity (Wildman–Crippen MR) is 168 cm³/mol. The zero-order valence-electron chi connectivity index (χ0n) is 29.1. The zero-order chi connectivity index (χ0) is 31.6. The van der Waals surface area contributed by atoms with Crippen LogP contribution in [0.3, 0.4) is 0 Å². The molecule has 0 aromatic rings. The minimum atomic E-state index is -0.837. The fourth-order valence-corrected chi connectivity index (χ4v) is 11.8. The summed E-state index contributed by atoms with van der Waals surface area (Å²) in [4.78, 5) is 0. The van der Waals surface area contributed by atoms with E-state index in [4.69, 9.17) is 18.9 Å². The number of aliphatic hydroxyl groups is 2. The first-order valence-corrected chi connectivity index (χ1v) is 17.3. The summed E-state index contributed by atoms with van der Waals surface area (Å²) < 4.78 is 26.4. The number of rotatable bonds is 3. The highest BCUT2D eigenvalue weighted by atomic mass is 16.7. The molecule has 0 bridgehead atoms. The third kappa shape index (κ3) is 4.46. The molecule has 2 aliphatic heterocycles. The summed E-state index contributed by atoms with van der Waals surface area (Å²) in [5, 5.41) is 22.8. The highest BCUT2D eigenvalue weighted by Crippen LogP contribution is 2.73. The lowest BCUT2D eigenvalue weighted by Gasteiger charge is -2.70. The quantitative estimate of drug-likeness (QED) is 0.328. The van der Waals surface area contributed by atoms with Crippen LogP contribution in [0.5, 0.6) is 0 Å². The normalized spacial score (nSPS) is 53.5. The largest absolute Gasteiger partial charge is 0.396 e. The summed E-state index contributed by atoms with van der Waals surface area (Å²) in [5.41, 5.74) is 0.701. The molecule has 0 spiro atoms. The summed E-state index contributed by atoms with van der Waals surface area (Å²) >= 11 is 0. The average Bonchev–Trinajstić information content (AvgIpc) is 2.90. The van der Waals surface area contributed by atoms with Gasteiger partial charge in [0.05, 0.1) is 37.6 Å². The third-order valence-corrected chi connectivity index (χ3v) is 15.0. The molecule has 3 saturated carbocycles. The molecule has 2 N–H and O–H groups in total. The number of hydrogen-bond donors (Lipinski definition) is 2. The molecule has 2 saturated heterocycles. The van der Waals surface area contributed by atoms with Crippen LogP contribution >= 0.6 is 0 Å². The van der Waals surface area contributed by atoms with Gasteiger partial charge in [0.15, 0.2) is 11.6 Å². The van der Waals surface area contributed by atoms with Crippen molar-refractivity contribution < 1.29 is 29.2 Å². The molecule has 6 rings (SSSR count). The Balaban J connectivity index is 1.36. The van der Waals surface area contributed by atoms with Crippen molar-refractivity contribution in [3.05, 3.63) is 11.6 Å². The predicted octanol–water partition coefficient (Wildman–Crippen LogP) is 7.40. The molecule has 6 aliphatic rings. The third-order valence-electron chi connectivity index (χ3n) is 15.0. The highest BCUT2D eigenvalue weighted by molar-refractivity contribution is 5.27. The Bertz CT molecular complexity index is 1140. The molecule has 0 amide bonds. The zero-order valence-corrected chi connectivity index (χ0v) is 29.1. The van der Waals surface area contributed by atoms with Gasteiger partial charge in [0.25, 0.3) is 0 Å². The Morgan fingerprint density at radius 2 is 1.49 bits per heavy atom. The van der Waals surface area contributed by atoms with Gasteiger partial charge in [-0.05, 0) is 119 Å². The van der Waals surface area contributed by atoms with Crippen LogP contribution in [0.4, 0.5) is 0 Å². The summed E-state index contributed by atoms with van der Waals surface area (Å²) in [6.45, 7) is 25.5. The van der Waals surface area contributed by atoms with Crippen LogP contribution in [-0.4, -0.2) is 59.4 Å². The Morgan fingerprint density at radius 1 is 0.791 bits per heavy atom. The second-order valence-corrected chi connectivity index (χ2v) is 18.4. The Morgan fingerprint density at radius 3 is 2.16 bits per heavy atom. The van der Waals surface area contributed by atoms with Gasteiger partial charge in [-0.2, -0.15) is 0 Å². The van der Waals surface area contributed by atoms with Crippen LogP contribution in [0.15, 0.2) is 11.6 Å². The molecule has 2 unspecified atom stereocenters. The van der Waals surface area contributed by atoms with E-state index >= 15 is 0 Å². The maximum Gasteiger partial charge on any atom is 0.163 e. The van der Waals surface area contributed by atoms with E-state index in [0.29, 0.717) is 11.8 Å². The van der Waals surface area contributed by atoms with Crippen molar-refractivity contribution in [3.8, 4) is 0 Å². The lowest BCUT2D eigenvalue weighted by atomic mass is 9.36. The number of fused-ring (bicyclic) bond motifs is 6. The van der Waals surface area contributed by atoms with Gasteiger partial charge in [-0.15, -0.1) is 0 Å². The number of allylic oxidation sites excluding steroid dienone is 2. The molecule has 5 fully saturated rings. The fourth-order valence-electron chi connectivity index (χ4n) is 11.8. The number of ether oxygens (including phenoxy) is 4. The van der Waals surface area contributed by atoms with Gasteiger partial charge in [0.2, 0.25) is 0 Å². The minimum Gasteiger partial charge on any atom is -0.396 e. The Kier molecular flexibility index (Phi) is 7.37. The summed E-state index contributed by atoms with van der Waals surface area (Å²) in [5.74, 6) is -0.267. The van der Waals surface area contributed by atoms with Gasteiger partial charge >= 0.3 is 0 Å². The molecule has 6 nitrogen and oxygen atoms in total. The first-order chi connectivity index (χ1) is 19.7. The van der Waals surface area contributed by atoms with Crippen LogP contribution in [0.2, 0.25) is 0 Å². The molecule has 0 aromatic heterocycles. The summed E-state index contributed by atoms with van der Waals surface area (Å²) in [6.07, 6.45) is 9.59. The number of hydrogen-bond acceptors (Lipinski definition) is 6. The van der Waals surface area contributed by atoms with Crippen molar-refractivity contribution in [2.45, 2.75) is 164 Å². The molecule has 0 radical (unpaired) electrons. The highest BCUT2D eigenvalue weighted by Gasteiger charge is 2.69. The standard InChI is InChI=1S/C37H62O6/c1-23-12-13-25-33(8)16-15-26-34(9,22-40-31(4,5)41-26)24(33)14-17-35(25,10)36(23,11)20-27-37(21-38)19-18-30(2,3)28(39)29(37)43-32(6,7)42-27/h12,24-29,38-39H,13-22H2,1-11H3/t24?,25?,26-,27+,28-,29-,33-,34+,35+,36+,37+/m0/s1. The Labute approximate surface area is 261 Å². The topological polar surface area (TPSA) is 77.4 Å². The van der Waals surface area contributed by atoms with E-state index in [0.717, 1.165) is 45.1 Å². The van der Waals surface area contributed by atoms with Crippen LogP contribution in [-0.2, 0) is 18.9 Å². The van der Waals surface area contributed by atoms with E-state index in [2.05, 4.69) is 68.4 Å². The van der Waals surface area contributed by atoms with Crippen LogP contribution < -0.4 is 0 Å². The van der Waals surface area contributed by atoms with Crippen molar-refractivity contribution >= 4 is 0 Å². The smallest absolute Gasteiger partial charge is 0.163 e. The van der Waals surface area contributed by atoms with Gasteiger partial charge in [-0.3, -0.25) is 0 Å². The first kappa shape index (κ1) is 32.4. The van der Waals surface area contributed by atoms with E-state index in [1.165, 1.54) is 18.4 Å². The second-order valence-electron chi connectivity index (χ2n) is 18.4. The van der Waals surface area contributed by atoms with Gasteiger partial charge in [-0.25, -0.2) is 0 Å². The molecular weight excluding hydrogens is 540 g/mol. The van der Waals surface area contributed by atoms with Crippen LogP contribution in [0.1, 0.15) is 128 Å². The van der Waals surface area contributed by atoms with Gasteiger partial charge in [0, 0.05) is 10.8 Å². The maximum atomic E-state index is 11.6. The molecule has 43 heavy (non-hydrogen) atoms. The monoisotopic (exact) mass is 602 g/mol. The van der Waals surface area contributed by atoms with Crippen molar-refractivity contribution in [2.24, 2.45) is 44.3 Å². The molecular formula is C37H62O6. The second kappa shape index (κ2) is 9.76. The van der Waals surface area contributed by atoms with Crippen molar-refractivity contribution in [3.63, 3.8) is 0 Å². The van der Waals surface area contributed by atoms with Crippen molar-refractivity contribution in [2.75, 3.05) is 13.2 Å². The lowest BCUT2D eigenvalue weighted by molar-refractivity contribution is -0.387. The van der Waals surface area contributed by atoms with E-state index < -0.39 is 29.2 Å². The van der Waals surface area contributed by atoms with E-state index in [9.17, 15) is 10.2 Å². The average molecular weight is 603 g/mol. The van der Waals surface area contributed by atoms with Gasteiger partial charge in [0.1, 0.15) is 0 Å². The maximum absolute atomic E-state index is 11.6.